The lowest BCUT2D eigenvalue weighted by atomic mass is 10.0. The standard InChI is InChI=1S/C25H39N7O8/c26-12-2-1-3-16(27)22(36)32-19(13-14-4-6-15(33)7-5-14)24(38)30-17(8-10-20(28)34)23(37)31-18(25(39)40)9-11-21(29)35/h4-7,16-19,33H,1-3,8-13,26-27H2,(H2,28,34)(H2,29,35)(H,30,38)(H,31,37)(H,32,36)(H,39,40). The molecule has 4 unspecified atom stereocenters. The number of phenols is 1. The zero-order chi connectivity index (χ0) is 30.2. The molecule has 0 fully saturated rings. The Kier molecular flexibility index (Phi) is 14.7. The fourth-order valence-electron chi connectivity index (χ4n) is 3.64. The van der Waals surface area contributed by atoms with Crippen molar-refractivity contribution in [2.75, 3.05) is 6.54 Å². The van der Waals surface area contributed by atoms with E-state index in [0.717, 1.165) is 0 Å². The zero-order valence-corrected chi connectivity index (χ0v) is 22.1. The number of hydrogen-bond donors (Lipinski definition) is 9. The molecule has 0 aliphatic carbocycles. The average Bonchev–Trinajstić information content (AvgIpc) is 2.88. The summed E-state index contributed by atoms with van der Waals surface area (Å²) in [6.45, 7) is 0.431. The number of carboxylic acid groups (broad SMARTS) is 1. The summed E-state index contributed by atoms with van der Waals surface area (Å²) in [7, 11) is 0. The second kappa shape index (κ2) is 17.4. The first-order valence-corrected chi connectivity index (χ1v) is 12.8. The molecule has 13 N–H and O–H groups in total. The largest absolute Gasteiger partial charge is 0.508 e. The van der Waals surface area contributed by atoms with Gasteiger partial charge in [0.1, 0.15) is 23.9 Å². The maximum atomic E-state index is 13.3. The Morgan fingerprint density at radius 1 is 0.725 bits per heavy atom. The first-order chi connectivity index (χ1) is 18.8. The van der Waals surface area contributed by atoms with E-state index in [2.05, 4.69) is 16.0 Å². The van der Waals surface area contributed by atoms with Crippen LogP contribution >= 0.6 is 0 Å². The predicted molar refractivity (Wildman–Crippen MR) is 143 cm³/mol. The van der Waals surface area contributed by atoms with E-state index in [0.29, 0.717) is 31.4 Å². The maximum absolute atomic E-state index is 13.3. The van der Waals surface area contributed by atoms with Gasteiger partial charge in [-0.2, -0.15) is 0 Å². The van der Waals surface area contributed by atoms with Crippen molar-refractivity contribution in [2.45, 2.75) is 75.5 Å². The number of aromatic hydroxyl groups is 1. The van der Waals surface area contributed by atoms with Crippen molar-refractivity contribution in [1.82, 2.24) is 16.0 Å². The number of carbonyl (C=O) groups is 6. The van der Waals surface area contributed by atoms with E-state index >= 15 is 0 Å². The van der Waals surface area contributed by atoms with Crippen molar-refractivity contribution in [3.63, 3.8) is 0 Å². The van der Waals surface area contributed by atoms with Crippen LogP contribution in [0.3, 0.4) is 0 Å². The number of aliphatic carboxylic acids is 1. The number of hydrogen-bond acceptors (Lipinski definition) is 9. The van der Waals surface area contributed by atoms with Gasteiger partial charge in [0.15, 0.2) is 0 Å². The Hall–Kier alpha value is -4.24. The van der Waals surface area contributed by atoms with E-state index < -0.39 is 59.7 Å². The molecule has 0 aromatic heterocycles. The molecule has 0 saturated heterocycles. The summed E-state index contributed by atoms with van der Waals surface area (Å²) in [6, 6.07) is 0.800. The molecule has 0 spiro atoms. The highest BCUT2D eigenvalue weighted by Crippen LogP contribution is 2.12. The third-order valence-corrected chi connectivity index (χ3v) is 5.92. The van der Waals surface area contributed by atoms with Crippen molar-refractivity contribution >= 4 is 35.5 Å². The molecule has 15 heteroatoms. The highest BCUT2D eigenvalue weighted by molar-refractivity contribution is 5.94. The monoisotopic (exact) mass is 565 g/mol. The molecule has 1 aromatic rings. The van der Waals surface area contributed by atoms with Crippen molar-refractivity contribution in [2.24, 2.45) is 22.9 Å². The van der Waals surface area contributed by atoms with Crippen LogP contribution in [-0.2, 0) is 35.2 Å². The Morgan fingerprint density at radius 3 is 1.75 bits per heavy atom. The molecule has 0 saturated carbocycles. The summed E-state index contributed by atoms with van der Waals surface area (Å²) in [5.74, 6) is -5.37. The van der Waals surface area contributed by atoms with Gasteiger partial charge in [0.05, 0.1) is 6.04 Å². The van der Waals surface area contributed by atoms with Crippen molar-refractivity contribution in [3.8, 4) is 5.75 Å². The second-order valence-electron chi connectivity index (χ2n) is 9.29. The van der Waals surface area contributed by atoms with Gasteiger partial charge in [-0.3, -0.25) is 24.0 Å². The quantitative estimate of drug-likeness (QED) is 0.0792. The van der Waals surface area contributed by atoms with Crippen molar-refractivity contribution in [3.05, 3.63) is 29.8 Å². The van der Waals surface area contributed by atoms with Gasteiger partial charge in [0.2, 0.25) is 29.5 Å². The first-order valence-electron chi connectivity index (χ1n) is 12.8. The van der Waals surface area contributed by atoms with E-state index in [1.54, 1.807) is 0 Å². The van der Waals surface area contributed by atoms with E-state index in [4.69, 9.17) is 22.9 Å². The molecule has 40 heavy (non-hydrogen) atoms. The maximum Gasteiger partial charge on any atom is 0.326 e. The van der Waals surface area contributed by atoms with Gasteiger partial charge in [-0.1, -0.05) is 18.6 Å². The number of carbonyl (C=O) groups excluding carboxylic acids is 5. The third kappa shape index (κ3) is 13.0. The molecule has 0 heterocycles. The molecule has 1 rings (SSSR count). The molecule has 1 aromatic carbocycles. The number of nitrogens with one attached hydrogen (secondary N) is 3. The van der Waals surface area contributed by atoms with Crippen LogP contribution in [0.15, 0.2) is 24.3 Å². The second-order valence-corrected chi connectivity index (χ2v) is 9.29. The molecule has 0 aliphatic rings. The predicted octanol–water partition coefficient (Wildman–Crippen LogP) is -2.54. The highest BCUT2D eigenvalue weighted by Gasteiger charge is 2.31. The lowest BCUT2D eigenvalue weighted by Crippen LogP contribution is -2.57. The van der Waals surface area contributed by atoms with E-state index in [9.17, 15) is 39.0 Å². The normalized spacial score (nSPS) is 13.8. The molecular weight excluding hydrogens is 526 g/mol. The molecule has 0 bridgehead atoms. The summed E-state index contributed by atoms with van der Waals surface area (Å²) in [5, 5.41) is 26.2. The summed E-state index contributed by atoms with van der Waals surface area (Å²) >= 11 is 0. The number of primary amides is 2. The number of phenolic OH excluding ortho intramolecular Hbond substituents is 1. The number of carboxylic acids is 1. The van der Waals surface area contributed by atoms with Gasteiger partial charge < -0.3 is 49.1 Å². The number of amides is 5. The molecule has 0 radical (unpaired) electrons. The molecule has 15 nitrogen and oxygen atoms in total. The van der Waals surface area contributed by atoms with Crippen LogP contribution in [0, 0.1) is 0 Å². The minimum absolute atomic E-state index is 0.0109. The highest BCUT2D eigenvalue weighted by atomic mass is 16.4. The molecular formula is C25H39N7O8. The van der Waals surface area contributed by atoms with E-state index in [1.807, 2.05) is 0 Å². The van der Waals surface area contributed by atoms with E-state index in [1.165, 1.54) is 24.3 Å². The molecule has 222 valence electrons. The average molecular weight is 566 g/mol. The zero-order valence-electron chi connectivity index (χ0n) is 22.1. The van der Waals surface area contributed by atoms with Gasteiger partial charge in [0.25, 0.3) is 0 Å². The number of benzene rings is 1. The summed E-state index contributed by atoms with van der Waals surface area (Å²) in [6.07, 6.45) is 0.319. The Bertz CT molecular complexity index is 1030. The van der Waals surface area contributed by atoms with Crippen LogP contribution in [0.4, 0.5) is 0 Å². The van der Waals surface area contributed by atoms with Crippen LogP contribution in [0.5, 0.6) is 5.75 Å². The Morgan fingerprint density at radius 2 is 1.23 bits per heavy atom. The summed E-state index contributed by atoms with van der Waals surface area (Å²) in [4.78, 5) is 73.0. The molecule has 5 amide bonds. The minimum Gasteiger partial charge on any atom is -0.508 e. The van der Waals surface area contributed by atoms with Crippen LogP contribution in [-0.4, -0.2) is 76.4 Å². The first kappa shape index (κ1) is 33.8. The smallest absolute Gasteiger partial charge is 0.326 e. The van der Waals surface area contributed by atoms with Crippen LogP contribution < -0.4 is 38.9 Å². The molecule has 4 atom stereocenters. The fourth-order valence-corrected chi connectivity index (χ4v) is 3.64. The number of unbranched alkanes of at least 4 members (excludes halogenated alkanes) is 1. The van der Waals surface area contributed by atoms with Crippen LogP contribution in [0.1, 0.15) is 50.5 Å². The minimum atomic E-state index is -1.49. The topological polar surface area (TPSA) is 283 Å². The van der Waals surface area contributed by atoms with Gasteiger partial charge >= 0.3 is 5.97 Å². The third-order valence-electron chi connectivity index (χ3n) is 5.92. The Balaban J connectivity index is 3.13. The summed E-state index contributed by atoms with van der Waals surface area (Å²) < 4.78 is 0. The fraction of sp³-hybridized carbons (Fsp3) is 0.520. The van der Waals surface area contributed by atoms with Crippen LogP contribution in [0.2, 0.25) is 0 Å². The molecule has 0 aliphatic heterocycles. The van der Waals surface area contributed by atoms with Crippen molar-refractivity contribution < 1.29 is 39.0 Å². The SMILES string of the molecule is NCCCCC(N)C(=O)NC(Cc1ccc(O)cc1)C(=O)NC(CCC(N)=O)C(=O)NC(CCC(N)=O)C(=O)O. The Labute approximate surface area is 231 Å². The van der Waals surface area contributed by atoms with Gasteiger partial charge in [-0.15, -0.1) is 0 Å². The summed E-state index contributed by atoms with van der Waals surface area (Å²) in [5.41, 5.74) is 22.3. The number of nitrogens with two attached hydrogens (primary N) is 4. The lowest BCUT2D eigenvalue weighted by Gasteiger charge is -2.25. The van der Waals surface area contributed by atoms with Gasteiger partial charge in [-0.05, 0) is 49.9 Å². The van der Waals surface area contributed by atoms with E-state index in [-0.39, 0.29) is 37.9 Å². The van der Waals surface area contributed by atoms with Gasteiger partial charge in [-0.25, -0.2) is 4.79 Å². The number of rotatable bonds is 19. The van der Waals surface area contributed by atoms with Gasteiger partial charge in [0, 0.05) is 19.3 Å². The van der Waals surface area contributed by atoms with Crippen molar-refractivity contribution in [1.29, 1.82) is 0 Å². The van der Waals surface area contributed by atoms with Crippen LogP contribution in [0.25, 0.3) is 0 Å². The lowest BCUT2D eigenvalue weighted by molar-refractivity contribution is -0.142.